The molecule has 0 aromatic rings. The molecule has 6 nitrogen and oxygen atoms in total. The van der Waals surface area contributed by atoms with Gasteiger partial charge in [0.15, 0.2) is 0 Å². The number of nitrogens with zero attached hydrogens (tertiary/aromatic N) is 1. The highest BCUT2D eigenvalue weighted by molar-refractivity contribution is 5.81. The molecule has 1 saturated heterocycles. The van der Waals surface area contributed by atoms with Gasteiger partial charge in [-0.2, -0.15) is 0 Å². The van der Waals surface area contributed by atoms with Gasteiger partial charge in [-0.05, 0) is 19.3 Å². The molecular weight excluding hydrogens is 244 g/mol. The van der Waals surface area contributed by atoms with Crippen molar-refractivity contribution in [1.29, 1.82) is 0 Å². The lowest BCUT2D eigenvalue weighted by molar-refractivity contribution is -0.124. The van der Waals surface area contributed by atoms with Crippen LogP contribution in [0.3, 0.4) is 0 Å². The second kappa shape index (κ2) is 8.12. The monoisotopic (exact) mass is 270 g/mol. The molecular formula is C13H26N4O2. The van der Waals surface area contributed by atoms with Crippen molar-refractivity contribution < 1.29 is 9.59 Å². The fourth-order valence-corrected chi connectivity index (χ4v) is 2.32. The third kappa shape index (κ3) is 6.02. The maximum atomic E-state index is 11.9. The highest BCUT2D eigenvalue weighted by Crippen LogP contribution is 2.10. The van der Waals surface area contributed by atoms with Gasteiger partial charge in [-0.1, -0.05) is 19.8 Å². The van der Waals surface area contributed by atoms with E-state index in [1.807, 2.05) is 4.90 Å². The van der Waals surface area contributed by atoms with Crippen LogP contribution in [-0.4, -0.2) is 48.4 Å². The number of nitrogens with two attached hydrogens (primary N) is 2. The molecule has 6 heteroatoms. The smallest absolute Gasteiger partial charge is 0.237 e. The fourth-order valence-electron chi connectivity index (χ4n) is 2.32. The number of unbranched alkanes of at least 4 members (excludes halogenated alkanes) is 1. The van der Waals surface area contributed by atoms with Crippen molar-refractivity contribution in [2.45, 2.75) is 51.1 Å². The third-order valence-corrected chi connectivity index (χ3v) is 3.52. The van der Waals surface area contributed by atoms with Gasteiger partial charge in [0, 0.05) is 19.1 Å². The van der Waals surface area contributed by atoms with Crippen molar-refractivity contribution in [3.63, 3.8) is 0 Å². The normalized spacial score (nSPS) is 19.1. The van der Waals surface area contributed by atoms with Crippen LogP contribution in [0.25, 0.3) is 0 Å². The van der Waals surface area contributed by atoms with Gasteiger partial charge in [-0.15, -0.1) is 0 Å². The Morgan fingerprint density at radius 3 is 2.53 bits per heavy atom. The molecule has 0 unspecified atom stereocenters. The zero-order valence-electron chi connectivity index (χ0n) is 11.7. The van der Waals surface area contributed by atoms with Gasteiger partial charge in [-0.25, -0.2) is 0 Å². The Morgan fingerprint density at radius 2 is 2.00 bits per heavy atom. The summed E-state index contributed by atoms with van der Waals surface area (Å²) in [6.45, 7) is 3.96. The number of primary amides is 1. The van der Waals surface area contributed by atoms with Crippen molar-refractivity contribution in [3.05, 3.63) is 0 Å². The van der Waals surface area contributed by atoms with E-state index in [0.717, 1.165) is 45.2 Å². The van der Waals surface area contributed by atoms with E-state index in [9.17, 15) is 9.59 Å². The van der Waals surface area contributed by atoms with E-state index in [1.165, 1.54) is 0 Å². The van der Waals surface area contributed by atoms with Crippen molar-refractivity contribution >= 4 is 11.8 Å². The van der Waals surface area contributed by atoms with Crippen molar-refractivity contribution in [1.82, 2.24) is 10.2 Å². The largest absolute Gasteiger partial charge is 0.369 e. The summed E-state index contributed by atoms with van der Waals surface area (Å²) in [6.07, 6.45) is 4.46. The molecule has 1 aliphatic heterocycles. The minimum absolute atomic E-state index is 0.0539. The number of rotatable bonds is 7. The van der Waals surface area contributed by atoms with E-state index < -0.39 is 6.04 Å². The number of carbonyl (C=O) groups is 2. The number of likely N-dealkylation sites (tertiary alicyclic amines) is 1. The molecule has 1 heterocycles. The van der Waals surface area contributed by atoms with Gasteiger partial charge in [0.05, 0.1) is 12.6 Å². The van der Waals surface area contributed by atoms with Crippen molar-refractivity contribution in [2.75, 3.05) is 19.6 Å². The highest BCUT2D eigenvalue weighted by Gasteiger charge is 2.23. The predicted molar refractivity (Wildman–Crippen MR) is 74.3 cm³/mol. The maximum Gasteiger partial charge on any atom is 0.237 e. The molecule has 1 rings (SSSR count). The zero-order valence-corrected chi connectivity index (χ0v) is 11.7. The van der Waals surface area contributed by atoms with Gasteiger partial charge in [-0.3, -0.25) is 14.5 Å². The topological polar surface area (TPSA) is 101 Å². The SMILES string of the molecule is CCCC[C@H](N)C(=O)NC1CCN(CC(N)=O)CC1. The second-order valence-electron chi connectivity index (χ2n) is 5.27. The first-order chi connectivity index (χ1) is 9.02. The predicted octanol–water partition coefficient (Wildman–Crippen LogP) is -0.430. The Bertz CT molecular complexity index is 301. The van der Waals surface area contributed by atoms with Crippen molar-refractivity contribution in [2.24, 2.45) is 11.5 Å². The van der Waals surface area contributed by atoms with Crippen LogP contribution in [0.1, 0.15) is 39.0 Å². The average molecular weight is 270 g/mol. The number of nitrogens with one attached hydrogen (secondary N) is 1. The molecule has 0 aromatic carbocycles. The minimum Gasteiger partial charge on any atom is -0.369 e. The highest BCUT2D eigenvalue weighted by atomic mass is 16.2. The van der Waals surface area contributed by atoms with Crippen LogP contribution in [0.2, 0.25) is 0 Å². The van der Waals surface area contributed by atoms with E-state index in [-0.39, 0.29) is 17.9 Å². The van der Waals surface area contributed by atoms with Crippen LogP contribution >= 0.6 is 0 Å². The molecule has 2 amide bonds. The van der Waals surface area contributed by atoms with Crippen LogP contribution in [0.15, 0.2) is 0 Å². The lowest BCUT2D eigenvalue weighted by atomic mass is 10.0. The third-order valence-electron chi connectivity index (χ3n) is 3.52. The fraction of sp³-hybridized carbons (Fsp3) is 0.846. The van der Waals surface area contributed by atoms with Crippen LogP contribution in [0.5, 0.6) is 0 Å². The number of piperidine rings is 1. The first-order valence-electron chi connectivity index (χ1n) is 7.09. The number of hydrogen-bond donors (Lipinski definition) is 3. The minimum atomic E-state index is -0.399. The average Bonchev–Trinajstić information content (AvgIpc) is 2.37. The molecule has 0 spiro atoms. The summed E-state index contributed by atoms with van der Waals surface area (Å²) in [5.41, 5.74) is 11.0. The standard InChI is InChI=1S/C13H26N4O2/c1-2-3-4-11(14)13(19)16-10-5-7-17(8-6-10)9-12(15)18/h10-11H,2-9,14H2,1H3,(H2,15,18)(H,16,19)/t11-/m0/s1. The maximum absolute atomic E-state index is 11.9. The van der Waals surface area contributed by atoms with Crippen LogP contribution in [0, 0.1) is 0 Å². The molecule has 0 bridgehead atoms. The Labute approximate surface area is 114 Å². The summed E-state index contributed by atoms with van der Waals surface area (Å²) in [4.78, 5) is 24.7. The Morgan fingerprint density at radius 1 is 1.37 bits per heavy atom. The lowest BCUT2D eigenvalue weighted by Gasteiger charge is -2.32. The molecule has 1 fully saturated rings. The number of hydrogen-bond acceptors (Lipinski definition) is 4. The van der Waals surface area contributed by atoms with E-state index in [2.05, 4.69) is 12.2 Å². The lowest BCUT2D eigenvalue weighted by Crippen LogP contribution is -2.50. The summed E-state index contributed by atoms with van der Waals surface area (Å²) < 4.78 is 0. The molecule has 1 atom stereocenters. The van der Waals surface area contributed by atoms with Gasteiger partial charge < -0.3 is 16.8 Å². The quantitative estimate of drug-likeness (QED) is 0.584. The van der Waals surface area contributed by atoms with Crippen LogP contribution in [-0.2, 0) is 9.59 Å². The van der Waals surface area contributed by atoms with E-state index in [1.54, 1.807) is 0 Å². The molecule has 1 aliphatic rings. The van der Waals surface area contributed by atoms with E-state index in [4.69, 9.17) is 11.5 Å². The first kappa shape index (κ1) is 15.9. The van der Waals surface area contributed by atoms with Crippen molar-refractivity contribution in [3.8, 4) is 0 Å². The van der Waals surface area contributed by atoms with Gasteiger partial charge in [0.25, 0.3) is 0 Å². The van der Waals surface area contributed by atoms with Gasteiger partial charge >= 0.3 is 0 Å². The Balaban J connectivity index is 2.24. The molecule has 0 radical (unpaired) electrons. The summed E-state index contributed by atoms with van der Waals surface area (Å²) in [5.74, 6) is -0.356. The van der Waals surface area contributed by atoms with Gasteiger partial charge in [0.2, 0.25) is 11.8 Å². The number of carbonyl (C=O) groups excluding carboxylic acids is 2. The molecule has 5 N–H and O–H groups in total. The number of amides is 2. The van der Waals surface area contributed by atoms with E-state index >= 15 is 0 Å². The molecule has 0 aliphatic carbocycles. The van der Waals surface area contributed by atoms with Gasteiger partial charge in [0.1, 0.15) is 0 Å². The zero-order chi connectivity index (χ0) is 14.3. The molecule has 110 valence electrons. The second-order valence-corrected chi connectivity index (χ2v) is 5.27. The summed E-state index contributed by atoms with van der Waals surface area (Å²) in [6, 6.07) is -0.229. The summed E-state index contributed by atoms with van der Waals surface area (Å²) in [5, 5.41) is 2.99. The van der Waals surface area contributed by atoms with Crippen LogP contribution < -0.4 is 16.8 Å². The molecule has 19 heavy (non-hydrogen) atoms. The first-order valence-corrected chi connectivity index (χ1v) is 7.09. The molecule has 0 aromatic heterocycles. The summed E-state index contributed by atoms with van der Waals surface area (Å²) in [7, 11) is 0. The Kier molecular flexibility index (Phi) is 6.80. The summed E-state index contributed by atoms with van der Waals surface area (Å²) >= 11 is 0. The van der Waals surface area contributed by atoms with E-state index in [0.29, 0.717) is 6.54 Å². The van der Waals surface area contributed by atoms with Crippen LogP contribution in [0.4, 0.5) is 0 Å². The molecule has 0 saturated carbocycles. The Hall–Kier alpha value is -1.14.